The van der Waals surface area contributed by atoms with Gasteiger partial charge in [0.25, 0.3) is 0 Å². The molecule has 15 heavy (non-hydrogen) atoms. The number of nitrogens with zero attached hydrogens (tertiary/aromatic N) is 1. The van der Waals surface area contributed by atoms with E-state index in [1.165, 1.54) is 12.1 Å². The number of rotatable bonds is 2. The second kappa shape index (κ2) is 4.80. The van der Waals surface area contributed by atoms with Crippen molar-refractivity contribution in [3.05, 3.63) is 29.1 Å². The number of hydrogen-bond donors (Lipinski definition) is 1. The lowest BCUT2D eigenvalue weighted by Crippen LogP contribution is -2.08. The predicted octanol–water partition coefficient (Wildman–Crippen LogP) is 2.16. The van der Waals surface area contributed by atoms with Crippen molar-refractivity contribution >= 4 is 18.6 Å². The minimum absolute atomic E-state index is 0.0274. The van der Waals surface area contributed by atoms with Gasteiger partial charge in [0.2, 0.25) is 0 Å². The fourth-order valence-electron chi connectivity index (χ4n) is 1.05. The SMILES string of the molecule is CCOC(=O)c1ccc(S)c(F)c1C#N. The maximum absolute atomic E-state index is 13.4. The van der Waals surface area contributed by atoms with Gasteiger partial charge in [0, 0.05) is 4.90 Å². The van der Waals surface area contributed by atoms with Crippen molar-refractivity contribution in [3.63, 3.8) is 0 Å². The minimum Gasteiger partial charge on any atom is -0.462 e. The predicted molar refractivity (Wildman–Crippen MR) is 54.3 cm³/mol. The van der Waals surface area contributed by atoms with E-state index >= 15 is 0 Å². The van der Waals surface area contributed by atoms with E-state index in [1.54, 1.807) is 13.0 Å². The van der Waals surface area contributed by atoms with E-state index in [0.29, 0.717) is 0 Å². The third-order valence-corrected chi connectivity index (χ3v) is 2.07. The van der Waals surface area contributed by atoms with Gasteiger partial charge in [-0.1, -0.05) is 0 Å². The first-order chi connectivity index (χ1) is 7.11. The molecule has 0 aliphatic heterocycles. The number of carbonyl (C=O) groups excluding carboxylic acids is 1. The van der Waals surface area contributed by atoms with Crippen LogP contribution in [-0.2, 0) is 4.74 Å². The van der Waals surface area contributed by atoms with E-state index in [0.717, 1.165) is 0 Å². The Bertz CT molecular complexity index is 440. The van der Waals surface area contributed by atoms with E-state index in [4.69, 9.17) is 5.26 Å². The summed E-state index contributed by atoms with van der Waals surface area (Å²) in [6.45, 7) is 1.81. The van der Waals surface area contributed by atoms with Crippen LogP contribution in [0.5, 0.6) is 0 Å². The van der Waals surface area contributed by atoms with Crippen molar-refractivity contribution in [1.82, 2.24) is 0 Å². The first-order valence-corrected chi connectivity index (χ1v) is 4.65. The normalized spacial score (nSPS) is 9.47. The third-order valence-electron chi connectivity index (χ3n) is 1.73. The highest BCUT2D eigenvalue weighted by atomic mass is 32.1. The van der Waals surface area contributed by atoms with Crippen LogP contribution in [0, 0.1) is 17.1 Å². The molecule has 1 aromatic carbocycles. The third kappa shape index (κ3) is 2.28. The van der Waals surface area contributed by atoms with Crippen LogP contribution in [-0.4, -0.2) is 12.6 Å². The fraction of sp³-hybridized carbons (Fsp3) is 0.200. The van der Waals surface area contributed by atoms with Crippen molar-refractivity contribution < 1.29 is 13.9 Å². The molecular formula is C10H8FNO2S. The molecule has 0 amide bonds. The highest BCUT2D eigenvalue weighted by Gasteiger charge is 2.17. The molecule has 3 nitrogen and oxygen atoms in total. The molecule has 1 aromatic rings. The molecule has 5 heteroatoms. The van der Waals surface area contributed by atoms with Crippen LogP contribution >= 0.6 is 12.6 Å². The maximum Gasteiger partial charge on any atom is 0.339 e. The van der Waals surface area contributed by atoms with E-state index in [-0.39, 0.29) is 22.6 Å². The van der Waals surface area contributed by atoms with Gasteiger partial charge in [-0.25, -0.2) is 9.18 Å². The fourth-order valence-corrected chi connectivity index (χ4v) is 1.24. The number of esters is 1. The summed E-state index contributed by atoms with van der Waals surface area (Å²) in [4.78, 5) is 11.4. The Kier molecular flexibility index (Phi) is 3.69. The molecule has 0 fully saturated rings. The number of thiol groups is 1. The standard InChI is InChI=1S/C10H8FNO2S/c1-2-14-10(13)6-3-4-8(15)9(11)7(6)5-12/h3-4,15H,2H2,1H3. The topological polar surface area (TPSA) is 50.1 Å². The van der Waals surface area contributed by atoms with Crippen LogP contribution in [0.1, 0.15) is 22.8 Å². The molecule has 0 saturated carbocycles. The molecule has 0 N–H and O–H groups in total. The molecule has 0 saturated heterocycles. The van der Waals surface area contributed by atoms with Gasteiger partial charge >= 0.3 is 5.97 Å². The summed E-state index contributed by atoms with van der Waals surface area (Å²) in [5, 5.41) is 8.71. The molecule has 0 radical (unpaired) electrons. The zero-order valence-electron chi connectivity index (χ0n) is 7.95. The monoisotopic (exact) mass is 225 g/mol. The first-order valence-electron chi connectivity index (χ1n) is 4.20. The summed E-state index contributed by atoms with van der Waals surface area (Å²) in [7, 11) is 0. The van der Waals surface area contributed by atoms with Crippen LogP contribution < -0.4 is 0 Å². The summed E-state index contributed by atoms with van der Waals surface area (Å²) < 4.78 is 18.0. The Morgan fingerprint density at radius 3 is 2.87 bits per heavy atom. The van der Waals surface area contributed by atoms with Crippen molar-refractivity contribution in [2.24, 2.45) is 0 Å². The van der Waals surface area contributed by atoms with Gasteiger partial charge in [-0.3, -0.25) is 0 Å². The summed E-state index contributed by atoms with van der Waals surface area (Å²) in [5.41, 5.74) is -0.407. The number of benzene rings is 1. The Labute approximate surface area is 91.9 Å². The molecule has 78 valence electrons. The van der Waals surface area contributed by atoms with E-state index in [1.807, 2.05) is 0 Å². The van der Waals surface area contributed by atoms with Crippen LogP contribution in [0.15, 0.2) is 17.0 Å². The molecule has 0 aliphatic rings. The minimum atomic E-state index is -0.800. The lowest BCUT2D eigenvalue weighted by Gasteiger charge is -2.05. The van der Waals surface area contributed by atoms with Gasteiger partial charge in [0.05, 0.1) is 12.2 Å². The maximum atomic E-state index is 13.4. The number of ether oxygens (including phenoxy) is 1. The van der Waals surface area contributed by atoms with E-state index < -0.39 is 11.8 Å². The lowest BCUT2D eigenvalue weighted by molar-refractivity contribution is 0.0525. The zero-order chi connectivity index (χ0) is 11.4. The summed E-state index contributed by atoms with van der Waals surface area (Å²) in [6.07, 6.45) is 0. The van der Waals surface area contributed by atoms with Gasteiger partial charge in [-0.15, -0.1) is 12.6 Å². The molecule has 0 spiro atoms. The Hall–Kier alpha value is -1.54. The van der Waals surface area contributed by atoms with Crippen LogP contribution in [0.4, 0.5) is 4.39 Å². The highest BCUT2D eigenvalue weighted by molar-refractivity contribution is 7.80. The van der Waals surface area contributed by atoms with Crippen LogP contribution in [0.2, 0.25) is 0 Å². The molecule has 0 unspecified atom stereocenters. The molecule has 0 aromatic heterocycles. The first kappa shape index (κ1) is 11.5. The van der Waals surface area contributed by atoms with Gasteiger partial charge in [0.15, 0.2) is 5.82 Å². The highest BCUT2D eigenvalue weighted by Crippen LogP contribution is 2.20. The van der Waals surface area contributed by atoms with Crippen molar-refractivity contribution in [2.75, 3.05) is 6.61 Å². The summed E-state index contributed by atoms with van der Waals surface area (Å²) in [6, 6.07) is 4.25. The second-order valence-electron chi connectivity index (χ2n) is 2.65. The average Bonchev–Trinajstić information content (AvgIpc) is 2.22. The molecule has 0 heterocycles. The average molecular weight is 225 g/mol. The number of nitriles is 1. The summed E-state index contributed by atoms with van der Waals surface area (Å²) >= 11 is 3.81. The van der Waals surface area contributed by atoms with E-state index in [9.17, 15) is 9.18 Å². The van der Waals surface area contributed by atoms with Crippen molar-refractivity contribution in [2.45, 2.75) is 11.8 Å². The van der Waals surface area contributed by atoms with E-state index in [2.05, 4.69) is 17.4 Å². The van der Waals surface area contributed by atoms with Crippen molar-refractivity contribution in [1.29, 1.82) is 5.26 Å². The molecule has 0 atom stereocenters. The number of carbonyl (C=O) groups is 1. The lowest BCUT2D eigenvalue weighted by atomic mass is 10.1. The number of hydrogen-bond acceptors (Lipinski definition) is 4. The summed E-state index contributed by atoms with van der Waals surface area (Å²) in [5.74, 6) is -1.51. The van der Waals surface area contributed by atoms with Crippen LogP contribution in [0.3, 0.4) is 0 Å². The van der Waals surface area contributed by atoms with Crippen molar-refractivity contribution in [3.8, 4) is 6.07 Å². The Balaban J connectivity index is 3.26. The second-order valence-corrected chi connectivity index (χ2v) is 3.14. The van der Waals surface area contributed by atoms with Gasteiger partial charge in [-0.05, 0) is 19.1 Å². The number of halogens is 1. The Morgan fingerprint density at radius 1 is 1.67 bits per heavy atom. The molecule has 0 aliphatic carbocycles. The van der Waals surface area contributed by atoms with Gasteiger partial charge < -0.3 is 4.74 Å². The van der Waals surface area contributed by atoms with Crippen LogP contribution in [0.25, 0.3) is 0 Å². The largest absolute Gasteiger partial charge is 0.462 e. The molecule has 0 bridgehead atoms. The quantitative estimate of drug-likeness (QED) is 0.619. The zero-order valence-corrected chi connectivity index (χ0v) is 8.85. The Morgan fingerprint density at radius 2 is 2.33 bits per heavy atom. The smallest absolute Gasteiger partial charge is 0.339 e. The molecule has 1 rings (SSSR count). The van der Waals surface area contributed by atoms with Gasteiger partial charge in [0.1, 0.15) is 11.6 Å². The van der Waals surface area contributed by atoms with Gasteiger partial charge in [-0.2, -0.15) is 5.26 Å². The molecular weight excluding hydrogens is 217 g/mol.